The molecule has 1 aromatic heterocycles. The SMILES string of the molecule is O=C(CC1CCN(Cc2ccccc2[N+](=O)[O-])CC1)c1cccc(Nc2ncnc3c2CCC3)c1. The standard InChI is InChI=1S/C27H29N5O3/c33-26(15-19-11-13-31(14-12-19)17-21-5-1-2-10-25(21)32(34)35)20-6-3-7-22(16-20)30-27-23-8-4-9-24(23)28-18-29-27/h1-3,5-7,10,16,18-19H,4,8-9,11-15,17H2,(H,28,29,30). The number of aromatic nitrogens is 2. The van der Waals surface area contributed by atoms with Crippen LogP contribution in [0.4, 0.5) is 17.2 Å². The average Bonchev–Trinajstić information content (AvgIpc) is 3.36. The molecule has 2 heterocycles. The molecule has 0 bridgehead atoms. The van der Waals surface area contributed by atoms with Crippen LogP contribution in [0, 0.1) is 16.0 Å². The maximum Gasteiger partial charge on any atom is 0.273 e. The zero-order chi connectivity index (χ0) is 24.2. The molecule has 0 spiro atoms. The van der Waals surface area contributed by atoms with Gasteiger partial charge in [-0.15, -0.1) is 0 Å². The summed E-state index contributed by atoms with van der Waals surface area (Å²) in [5.74, 6) is 1.31. The first-order chi connectivity index (χ1) is 17.1. The number of hydrogen-bond donors (Lipinski definition) is 1. The molecule has 0 amide bonds. The lowest BCUT2D eigenvalue weighted by molar-refractivity contribution is -0.385. The summed E-state index contributed by atoms with van der Waals surface area (Å²) in [4.78, 5) is 35.1. The first-order valence-electron chi connectivity index (χ1n) is 12.2. The highest BCUT2D eigenvalue weighted by molar-refractivity contribution is 5.97. The fourth-order valence-electron chi connectivity index (χ4n) is 5.17. The zero-order valence-electron chi connectivity index (χ0n) is 19.7. The summed E-state index contributed by atoms with van der Waals surface area (Å²) in [7, 11) is 0. The zero-order valence-corrected chi connectivity index (χ0v) is 19.7. The molecular weight excluding hydrogens is 442 g/mol. The van der Waals surface area contributed by atoms with E-state index in [-0.39, 0.29) is 16.4 Å². The maximum absolute atomic E-state index is 13.1. The van der Waals surface area contributed by atoms with Crippen molar-refractivity contribution in [2.75, 3.05) is 18.4 Å². The Morgan fingerprint density at radius 2 is 1.91 bits per heavy atom. The summed E-state index contributed by atoms with van der Waals surface area (Å²) < 4.78 is 0. The minimum atomic E-state index is -0.318. The van der Waals surface area contributed by atoms with Gasteiger partial charge in [0.2, 0.25) is 0 Å². The van der Waals surface area contributed by atoms with Crippen LogP contribution in [0.2, 0.25) is 0 Å². The van der Waals surface area contributed by atoms with E-state index < -0.39 is 0 Å². The molecule has 0 saturated carbocycles. The highest BCUT2D eigenvalue weighted by Gasteiger charge is 2.24. The lowest BCUT2D eigenvalue weighted by Crippen LogP contribution is -2.34. The van der Waals surface area contributed by atoms with Crippen molar-refractivity contribution >= 4 is 23.0 Å². The predicted molar refractivity (Wildman–Crippen MR) is 134 cm³/mol. The minimum Gasteiger partial charge on any atom is -0.340 e. The number of fused-ring (bicyclic) bond motifs is 1. The summed E-state index contributed by atoms with van der Waals surface area (Å²) in [6, 6.07) is 14.6. The van der Waals surface area contributed by atoms with Crippen LogP contribution in [-0.2, 0) is 19.4 Å². The number of aryl methyl sites for hydroxylation is 1. The fraction of sp³-hybridized carbons (Fsp3) is 0.370. The van der Waals surface area contributed by atoms with Gasteiger partial charge in [0.05, 0.1) is 4.92 Å². The van der Waals surface area contributed by atoms with Gasteiger partial charge in [0.1, 0.15) is 12.1 Å². The van der Waals surface area contributed by atoms with E-state index in [1.807, 2.05) is 36.4 Å². The van der Waals surface area contributed by atoms with Crippen molar-refractivity contribution in [1.29, 1.82) is 0 Å². The smallest absolute Gasteiger partial charge is 0.273 e. The van der Waals surface area contributed by atoms with Crippen molar-refractivity contribution in [3.05, 3.63) is 87.4 Å². The van der Waals surface area contributed by atoms with Crippen LogP contribution in [0.1, 0.15) is 52.9 Å². The minimum absolute atomic E-state index is 0.152. The highest BCUT2D eigenvalue weighted by Crippen LogP contribution is 2.29. The number of hydrogen-bond acceptors (Lipinski definition) is 7. The number of para-hydroxylation sites is 1. The summed E-state index contributed by atoms with van der Waals surface area (Å²) in [6.45, 7) is 2.24. The van der Waals surface area contributed by atoms with Crippen LogP contribution < -0.4 is 5.32 Å². The summed E-state index contributed by atoms with van der Waals surface area (Å²) in [5.41, 5.74) is 4.78. The third-order valence-corrected chi connectivity index (χ3v) is 7.09. The van der Waals surface area contributed by atoms with Gasteiger partial charge in [-0.1, -0.05) is 30.3 Å². The molecule has 8 nitrogen and oxygen atoms in total. The number of carbonyl (C=O) groups excluding carboxylic acids is 1. The molecule has 0 atom stereocenters. The molecule has 3 aromatic rings. The lowest BCUT2D eigenvalue weighted by atomic mass is 9.89. The second-order valence-electron chi connectivity index (χ2n) is 9.44. The monoisotopic (exact) mass is 471 g/mol. The second kappa shape index (κ2) is 10.3. The Morgan fingerprint density at radius 3 is 2.74 bits per heavy atom. The quantitative estimate of drug-likeness (QED) is 0.277. The molecule has 2 aromatic carbocycles. The van der Waals surface area contributed by atoms with Crippen molar-refractivity contribution in [1.82, 2.24) is 14.9 Å². The first kappa shape index (κ1) is 23.1. The van der Waals surface area contributed by atoms with E-state index >= 15 is 0 Å². The Bertz CT molecular complexity index is 1240. The van der Waals surface area contributed by atoms with Gasteiger partial charge < -0.3 is 5.32 Å². The van der Waals surface area contributed by atoms with Crippen molar-refractivity contribution in [3.63, 3.8) is 0 Å². The third kappa shape index (κ3) is 5.38. The Hall–Kier alpha value is -3.65. The molecule has 1 aliphatic carbocycles. The predicted octanol–water partition coefficient (Wildman–Crippen LogP) is 5.10. The van der Waals surface area contributed by atoms with Gasteiger partial charge in [0.25, 0.3) is 5.69 Å². The van der Waals surface area contributed by atoms with Crippen molar-refractivity contribution in [3.8, 4) is 0 Å². The topological polar surface area (TPSA) is 101 Å². The van der Waals surface area contributed by atoms with Gasteiger partial charge >= 0.3 is 0 Å². The van der Waals surface area contributed by atoms with Gasteiger partial charge in [-0.25, -0.2) is 9.97 Å². The number of nitro groups is 1. The van der Waals surface area contributed by atoms with Crippen molar-refractivity contribution in [2.24, 2.45) is 5.92 Å². The van der Waals surface area contributed by atoms with Crippen molar-refractivity contribution in [2.45, 2.75) is 45.1 Å². The Morgan fingerprint density at radius 1 is 1.09 bits per heavy atom. The van der Waals surface area contributed by atoms with E-state index in [9.17, 15) is 14.9 Å². The van der Waals surface area contributed by atoms with Crippen LogP contribution in [0.5, 0.6) is 0 Å². The van der Waals surface area contributed by atoms with Gasteiger partial charge in [-0.3, -0.25) is 19.8 Å². The number of nitrogens with one attached hydrogen (secondary N) is 1. The van der Waals surface area contributed by atoms with Crippen LogP contribution in [0.15, 0.2) is 54.9 Å². The average molecular weight is 472 g/mol. The van der Waals surface area contributed by atoms with Crippen LogP contribution in [0.3, 0.4) is 0 Å². The third-order valence-electron chi connectivity index (χ3n) is 7.09. The number of nitro benzene ring substituents is 1. The number of piperidine rings is 1. The summed E-state index contributed by atoms with van der Waals surface area (Å²) in [5, 5.41) is 14.7. The molecule has 1 aliphatic heterocycles. The second-order valence-corrected chi connectivity index (χ2v) is 9.44. The number of anilines is 2. The molecule has 1 saturated heterocycles. The first-order valence-corrected chi connectivity index (χ1v) is 12.2. The number of nitrogens with zero attached hydrogens (tertiary/aromatic N) is 4. The number of likely N-dealkylation sites (tertiary alicyclic amines) is 1. The van der Waals surface area contributed by atoms with E-state index in [1.165, 1.54) is 5.56 Å². The number of ketones is 1. The maximum atomic E-state index is 13.1. The highest BCUT2D eigenvalue weighted by atomic mass is 16.6. The Kier molecular flexibility index (Phi) is 6.81. The van der Waals surface area contributed by atoms with E-state index in [0.717, 1.165) is 68.0 Å². The number of benzene rings is 2. The number of Topliss-reactive ketones (excluding diaryl/α,β-unsaturated/α-hetero) is 1. The molecule has 0 radical (unpaired) electrons. The molecular formula is C27H29N5O3. The van der Waals surface area contributed by atoms with Gasteiger partial charge in [-0.05, 0) is 63.2 Å². The van der Waals surface area contributed by atoms with Gasteiger partial charge in [-0.2, -0.15) is 0 Å². The summed E-state index contributed by atoms with van der Waals surface area (Å²) in [6.07, 6.45) is 7.02. The molecule has 35 heavy (non-hydrogen) atoms. The normalized spacial score (nSPS) is 16.1. The lowest BCUT2D eigenvalue weighted by Gasteiger charge is -2.31. The van der Waals surface area contributed by atoms with Gasteiger partial charge in [0.15, 0.2) is 5.78 Å². The molecule has 2 aliphatic rings. The molecule has 5 rings (SSSR count). The Labute approximate surface area is 204 Å². The van der Waals surface area contributed by atoms with E-state index in [4.69, 9.17) is 0 Å². The van der Waals surface area contributed by atoms with Crippen LogP contribution in [0.25, 0.3) is 0 Å². The molecule has 8 heteroatoms. The van der Waals surface area contributed by atoms with Crippen molar-refractivity contribution < 1.29 is 9.72 Å². The molecule has 1 N–H and O–H groups in total. The number of rotatable bonds is 8. The van der Waals surface area contributed by atoms with E-state index in [1.54, 1.807) is 18.5 Å². The summed E-state index contributed by atoms with van der Waals surface area (Å²) >= 11 is 0. The van der Waals surface area contributed by atoms with Crippen LogP contribution in [-0.4, -0.2) is 38.7 Å². The van der Waals surface area contributed by atoms with Gasteiger partial charge in [0, 0.05) is 47.1 Å². The largest absolute Gasteiger partial charge is 0.340 e. The molecule has 0 unspecified atom stereocenters. The Balaban J connectivity index is 1.16. The molecule has 1 fully saturated rings. The molecule has 180 valence electrons. The van der Waals surface area contributed by atoms with E-state index in [2.05, 4.69) is 20.2 Å². The van der Waals surface area contributed by atoms with E-state index in [0.29, 0.717) is 24.4 Å². The van der Waals surface area contributed by atoms with Crippen LogP contribution >= 0.6 is 0 Å². The fourth-order valence-corrected chi connectivity index (χ4v) is 5.17. The number of carbonyl (C=O) groups is 1.